The van der Waals surface area contributed by atoms with Gasteiger partial charge in [0, 0.05) is 16.8 Å². The number of nitrogens with one attached hydrogen (secondary N) is 1. The summed E-state index contributed by atoms with van der Waals surface area (Å²) in [5.41, 5.74) is 4.62. The molecule has 1 heterocycles. The van der Waals surface area contributed by atoms with Crippen LogP contribution < -0.4 is 14.8 Å². The minimum atomic E-state index is -4.80. The average molecular weight is 550 g/mol. The predicted octanol–water partition coefficient (Wildman–Crippen LogP) is 7.23. The highest BCUT2D eigenvalue weighted by Crippen LogP contribution is 2.35. The fraction of sp³-hybridized carbons (Fsp3) is 0.138. The number of thioether (sulfide) groups is 1. The summed E-state index contributed by atoms with van der Waals surface area (Å²) >= 11 is 1.10. The molecule has 3 aromatic carbocycles. The molecule has 0 atom stereocenters. The number of alkyl halides is 3. The van der Waals surface area contributed by atoms with Crippen molar-refractivity contribution >= 4 is 23.4 Å². The van der Waals surface area contributed by atoms with E-state index in [-0.39, 0.29) is 5.75 Å². The summed E-state index contributed by atoms with van der Waals surface area (Å²) in [4.78, 5) is 17.4. The first-order valence-electron chi connectivity index (χ1n) is 11.6. The van der Waals surface area contributed by atoms with Gasteiger partial charge in [0.2, 0.25) is 5.91 Å². The Hall–Kier alpha value is -4.49. The summed E-state index contributed by atoms with van der Waals surface area (Å²) in [6.07, 6.45) is -4.80. The monoisotopic (exact) mass is 549 g/mol. The van der Waals surface area contributed by atoms with Crippen LogP contribution in [-0.4, -0.2) is 30.1 Å². The van der Waals surface area contributed by atoms with Crippen molar-refractivity contribution in [3.8, 4) is 40.0 Å². The van der Waals surface area contributed by atoms with Crippen molar-refractivity contribution in [3.05, 3.63) is 90.0 Å². The number of pyridine rings is 1. The van der Waals surface area contributed by atoms with E-state index in [1.165, 1.54) is 12.1 Å². The lowest BCUT2D eigenvalue weighted by Crippen LogP contribution is -2.17. The molecule has 0 aliphatic carbocycles. The van der Waals surface area contributed by atoms with Crippen LogP contribution in [0, 0.1) is 18.3 Å². The SMILES string of the molecule is COc1ccc(-c2cc(-c3cccc(C)c3)c(C#N)c(SCC(=O)Nc3ccc(OC(F)(F)F)cc3)n2)cc1. The Bertz CT molecular complexity index is 1520. The summed E-state index contributed by atoms with van der Waals surface area (Å²) < 4.78 is 46.2. The number of carbonyl (C=O) groups excluding carboxylic acids is 1. The molecule has 6 nitrogen and oxygen atoms in total. The van der Waals surface area contributed by atoms with E-state index < -0.39 is 18.0 Å². The maximum atomic E-state index is 12.7. The third-order valence-corrected chi connectivity index (χ3v) is 6.50. The Morgan fingerprint density at radius 2 is 1.69 bits per heavy atom. The summed E-state index contributed by atoms with van der Waals surface area (Å²) in [6.45, 7) is 1.96. The van der Waals surface area contributed by atoms with Gasteiger partial charge in [-0.15, -0.1) is 13.2 Å². The molecule has 10 heteroatoms. The van der Waals surface area contributed by atoms with Crippen LogP contribution in [0.4, 0.5) is 18.9 Å². The zero-order valence-corrected chi connectivity index (χ0v) is 21.7. The van der Waals surface area contributed by atoms with E-state index in [1.807, 2.05) is 61.5 Å². The number of methoxy groups -OCH3 is 1. The molecule has 0 radical (unpaired) electrons. The van der Waals surface area contributed by atoms with Gasteiger partial charge in [-0.2, -0.15) is 5.26 Å². The maximum Gasteiger partial charge on any atom is 0.573 e. The summed E-state index contributed by atoms with van der Waals surface area (Å²) in [6, 6.07) is 24.0. The van der Waals surface area contributed by atoms with Gasteiger partial charge in [-0.3, -0.25) is 4.79 Å². The van der Waals surface area contributed by atoms with E-state index in [0.717, 1.165) is 40.6 Å². The fourth-order valence-corrected chi connectivity index (χ4v) is 4.56. The molecule has 0 spiro atoms. The summed E-state index contributed by atoms with van der Waals surface area (Å²) in [5, 5.41) is 13.1. The average Bonchev–Trinajstić information content (AvgIpc) is 2.91. The zero-order valence-electron chi connectivity index (χ0n) is 20.9. The van der Waals surface area contributed by atoms with Crippen molar-refractivity contribution in [1.29, 1.82) is 5.26 Å². The Morgan fingerprint density at radius 3 is 2.31 bits per heavy atom. The number of carbonyl (C=O) groups is 1. The number of aryl methyl sites for hydroxylation is 1. The number of aromatic nitrogens is 1. The first kappa shape index (κ1) is 27.5. The van der Waals surface area contributed by atoms with E-state index in [0.29, 0.717) is 33.3 Å². The van der Waals surface area contributed by atoms with E-state index in [9.17, 15) is 23.2 Å². The normalized spacial score (nSPS) is 11.0. The molecule has 0 bridgehead atoms. The molecule has 0 fully saturated rings. The number of amides is 1. The molecule has 0 unspecified atom stereocenters. The Morgan fingerprint density at radius 1 is 1.00 bits per heavy atom. The number of halogens is 3. The number of hydrogen-bond donors (Lipinski definition) is 1. The first-order valence-corrected chi connectivity index (χ1v) is 12.6. The van der Waals surface area contributed by atoms with Crippen molar-refractivity contribution in [2.75, 3.05) is 18.2 Å². The number of nitrogens with zero attached hydrogens (tertiary/aromatic N) is 2. The van der Waals surface area contributed by atoms with Crippen molar-refractivity contribution in [1.82, 2.24) is 4.98 Å². The highest BCUT2D eigenvalue weighted by molar-refractivity contribution is 8.00. The molecule has 0 aliphatic heterocycles. The van der Waals surface area contributed by atoms with Crippen molar-refractivity contribution in [3.63, 3.8) is 0 Å². The zero-order chi connectivity index (χ0) is 28.0. The van der Waals surface area contributed by atoms with Gasteiger partial charge in [-0.1, -0.05) is 41.6 Å². The minimum Gasteiger partial charge on any atom is -0.497 e. The summed E-state index contributed by atoms with van der Waals surface area (Å²) in [5.74, 6) is -0.198. The maximum absolute atomic E-state index is 12.7. The molecule has 1 N–H and O–H groups in total. The van der Waals surface area contributed by atoms with Crippen molar-refractivity contribution in [2.24, 2.45) is 0 Å². The van der Waals surface area contributed by atoms with Crippen LogP contribution in [0.25, 0.3) is 22.4 Å². The molecule has 1 aromatic heterocycles. The van der Waals surface area contributed by atoms with Gasteiger partial charge < -0.3 is 14.8 Å². The predicted molar refractivity (Wildman–Crippen MR) is 144 cm³/mol. The van der Waals surface area contributed by atoms with Gasteiger partial charge in [-0.05, 0) is 67.1 Å². The molecular weight excluding hydrogens is 527 g/mol. The number of benzene rings is 3. The molecule has 0 saturated carbocycles. The van der Waals surface area contributed by atoms with E-state index in [1.54, 1.807) is 7.11 Å². The Kier molecular flexibility index (Phi) is 8.42. The lowest BCUT2D eigenvalue weighted by atomic mass is 9.98. The van der Waals surface area contributed by atoms with Crippen molar-refractivity contribution < 1.29 is 27.4 Å². The summed E-state index contributed by atoms with van der Waals surface area (Å²) in [7, 11) is 1.58. The second-order valence-corrected chi connectivity index (χ2v) is 9.32. The second kappa shape index (κ2) is 11.9. The third-order valence-electron chi connectivity index (χ3n) is 5.52. The van der Waals surface area contributed by atoms with Crippen LogP contribution >= 0.6 is 11.8 Å². The van der Waals surface area contributed by atoms with E-state index in [2.05, 4.69) is 16.1 Å². The van der Waals surface area contributed by atoms with Gasteiger partial charge in [-0.25, -0.2) is 4.98 Å². The quantitative estimate of drug-likeness (QED) is 0.233. The van der Waals surface area contributed by atoms with Crippen LogP contribution in [0.5, 0.6) is 11.5 Å². The fourth-order valence-electron chi connectivity index (χ4n) is 3.76. The van der Waals surface area contributed by atoms with Gasteiger partial charge in [0.1, 0.15) is 22.6 Å². The van der Waals surface area contributed by atoms with Crippen LogP contribution in [0.3, 0.4) is 0 Å². The highest BCUT2D eigenvalue weighted by Gasteiger charge is 2.31. The number of anilines is 1. The topological polar surface area (TPSA) is 84.2 Å². The highest BCUT2D eigenvalue weighted by atomic mass is 32.2. The largest absolute Gasteiger partial charge is 0.573 e. The molecule has 1 amide bonds. The Labute approximate surface area is 227 Å². The Balaban J connectivity index is 1.60. The first-order chi connectivity index (χ1) is 18.6. The number of nitriles is 1. The third kappa shape index (κ3) is 7.30. The minimum absolute atomic E-state index is 0.0815. The standard InChI is InChI=1S/C29H22F3N3O3S/c1-18-4-3-5-20(14-18)24-15-26(19-6-10-22(37-2)11-7-19)35-28(25(24)16-33)39-17-27(36)34-21-8-12-23(13-9-21)38-29(30,31)32/h3-15H,17H2,1-2H3,(H,34,36). The van der Waals surface area contributed by atoms with Crippen LogP contribution in [-0.2, 0) is 4.79 Å². The lowest BCUT2D eigenvalue weighted by molar-refractivity contribution is -0.274. The van der Waals surface area contributed by atoms with Gasteiger partial charge >= 0.3 is 6.36 Å². The number of hydrogen-bond acceptors (Lipinski definition) is 6. The van der Waals surface area contributed by atoms with Crippen molar-refractivity contribution in [2.45, 2.75) is 18.3 Å². The van der Waals surface area contributed by atoms with E-state index in [4.69, 9.17) is 9.72 Å². The number of ether oxygens (including phenoxy) is 2. The molecule has 4 aromatic rings. The molecule has 39 heavy (non-hydrogen) atoms. The van der Waals surface area contributed by atoms with E-state index >= 15 is 0 Å². The molecule has 4 rings (SSSR count). The second-order valence-electron chi connectivity index (χ2n) is 8.35. The van der Waals surface area contributed by atoms with Crippen LogP contribution in [0.2, 0.25) is 0 Å². The molecule has 0 saturated heterocycles. The van der Waals surface area contributed by atoms with Gasteiger partial charge in [0.15, 0.2) is 0 Å². The lowest BCUT2D eigenvalue weighted by Gasteiger charge is -2.13. The molecule has 198 valence electrons. The van der Waals surface area contributed by atoms with Gasteiger partial charge in [0.05, 0.1) is 24.1 Å². The molecular formula is C29H22F3N3O3S. The molecule has 0 aliphatic rings. The van der Waals surface area contributed by atoms with Gasteiger partial charge in [0.25, 0.3) is 0 Å². The van der Waals surface area contributed by atoms with Crippen LogP contribution in [0.15, 0.2) is 83.9 Å². The van der Waals surface area contributed by atoms with Crippen LogP contribution in [0.1, 0.15) is 11.1 Å². The number of rotatable bonds is 8. The smallest absolute Gasteiger partial charge is 0.497 e.